The van der Waals surface area contributed by atoms with E-state index in [1.54, 1.807) is 0 Å². The van der Waals surface area contributed by atoms with E-state index in [0.717, 1.165) is 37.9 Å². The van der Waals surface area contributed by atoms with Crippen molar-refractivity contribution in [2.75, 3.05) is 6.61 Å². The van der Waals surface area contributed by atoms with Crippen LogP contribution in [0.25, 0.3) is 0 Å². The predicted octanol–water partition coefficient (Wildman–Crippen LogP) is 1.69. The molecule has 3 fully saturated rings. The van der Waals surface area contributed by atoms with Crippen LogP contribution in [0.15, 0.2) is 11.1 Å². The second kappa shape index (κ2) is 4.14. The van der Waals surface area contributed by atoms with Crippen LogP contribution < -0.4 is 0 Å². The molecule has 0 aromatic heterocycles. The molecule has 0 aliphatic carbocycles. The second-order valence-electron chi connectivity index (χ2n) is 4.90. The van der Waals surface area contributed by atoms with Crippen LogP contribution in [0.3, 0.4) is 0 Å². The third-order valence-electron chi connectivity index (χ3n) is 4.10. The van der Waals surface area contributed by atoms with Crippen LogP contribution in [-0.4, -0.2) is 24.9 Å². The fraction of sp³-hybridized carbons (Fsp3) is 0.692. The molecule has 0 amide bonds. The van der Waals surface area contributed by atoms with Gasteiger partial charge in [0.15, 0.2) is 0 Å². The maximum atomic E-state index is 8.97. The molecule has 3 saturated heterocycles. The lowest BCUT2D eigenvalue weighted by Gasteiger charge is -2.27. The van der Waals surface area contributed by atoms with Crippen molar-refractivity contribution in [2.24, 2.45) is 5.92 Å². The summed E-state index contributed by atoms with van der Waals surface area (Å²) in [6.07, 6.45) is 4.17. The summed E-state index contributed by atoms with van der Waals surface area (Å²) in [7, 11) is 0. The Balaban J connectivity index is 1.96. The van der Waals surface area contributed by atoms with Gasteiger partial charge in [0.05, 0.1) is 12.2 Å². The second-order valence-corrected chi connectivity index (χ2v) is 4.90. The molecule has 3 heterocycles. The van der Waals surface area contributed by atoms with Crippen LogP contribution in [0.1, 0.15) is 25.7 Å². The fourth-order valence-electron chi connectivity index (χ4n) is 3.34. The zero-order valence-corrected chi connectivity index (χ0v) is 9.56. The predicted molar refractivity (Wildman–Crippen MR) is 58.6 cm³/mol. The maximum Gasteiger partial charge on any atom is 0.131 e. The Bertz CT molecular complexity index is 427. The Morgan fingerprint density at radius 2 is 2.06 bits per heavy atom. The summed E-state index contributed by atoms with van der Waals surface area (Å²) in [6.45, 7) is 0.773. The lowest BCUT2D eigenvalue weighted by atomic mass is 9.89. The standard InChI is InChI=1S/C13H14N2O2/c14-6-8(7-15)9-3-4-11-10-2-1-5-16-12(10)13(9)17-11/h10-13H,1-5H2/t10-,11-,12-,13+/m0/s1. The van der Waals surface area contributed by atoms with Crippen molar-refractivity contribution in [3.05, 3.63) is 11.1 Å². The number of hydrogen-bond acceptors (Lipinski definition) is 4. The van der Waals surface area contributed by atoms with Crippen molar-refractivity contribution in [2.45, 2.75) is 44.0 Å². The van der Waals surface area contributed by atoms with Gasteiger partial charge >= 0.3 is 0 Å². The summed E-state index contributed by atoms with van der Waals surface area (Å²) in [6, 6.07) is 3.97. The molecule has 0 saturated carbocycles. The number of fused-ring (bicyclic) bond motifs is 5. The minimum atomic E-state index is -0.145. The van der Waals surface area contributed by atoms with E-state index in [-0.39, 0.29) is 23.9 Å². The number of ether oxygens (including phenoxy) is 2. The van der Waals surface area contributed by atoms with Crippen LogP contribution in [-0.2, 0) is 9.47 Å². The molecule has 0 aromatic rings. The Morgan fingerprint density at radius 1 is 1.24 bits per heavy atom. The van der Waals surface area contributed by atoms with Crippen LogP contribution in [0.2, 0.25) is 0 Å². The van der Waals surface area contributed by atoms with E-state index in [0.29, 0.717) is 5.92 Å². The molecule has 3 rings (SSSR count). The lowest BCUT2D eigenvalue weighted by molar-refractivity contribution is -0.0306. The van der Waals surface area contributed by atoms with Crippen molar-refractivity contribution >= 4 is 0 Å². The minimum absolute atomic E-state index is 0.0722. The van der Waals surface area contributed by atoms with E-state index in [1.807, 2.05) is 12.1 Å². The third kappa shape index (κ3) is 1.57. The monoisotopic (exact) mass is 230 g/mol. The number of nitrogens with zero attached hydrogens (tertiary/aromatic N) is 2. The quantitative estimate of drug-likeness (QED) is 0.594. The molecule has 4 heteroatoms. The number of hydrogen-bond donors (Lipinski definition) is 0. The highest BCUT2D eigenvalue weighted by atomic mass is 16.6. The molecule has 0 N–H and O–H groups in total. The number of rotatable bonds is 0. The van der Waals surface area contributed by atoms with Gasteiger partial charge in [0.1, 0.15) is 23.8 Å². The van der Waals surface area contributed by atoms with Gasteiger partial charge in [-0.1, -0.05) is 0 Å². The molecule has 0 aromatic carbocycles. The van der Waals surface area contributed by atoms with Gasteiger partial charge in [-0.15, -0.1) is 0 Å². The van der Waals surface area contributed by atoms with E-state index >= 15 is 0 Å². The summed E-state index contributed by atoms with van der Waals surface area (Å²) in [5, 5.41) is 17.9. The summed E-state index contributed by atoms with van der Waals surface area (Å²) < 4.78 is 11.8. The molecule has 17 heavy (non-hydrogen) atoms. The van der Waals surface area contributed by atoms with Gasteiger partial charge in [-0.25, -0.2) is 0 Å². The molecule has 88 valence electrons. The smallest absolute Gasteiger partial charge is 0.131 e. The molecule has 0 radical (unpaired) electrons. The van der Waals surface area contributed by atoms with Crippen molar-refractivity contribution in [1.82, 2.24) is 0 Å². The van der Waals surface area contributed by atoms with Gasteiger partial charge in [-0.3, -0.25) is 0 Å². The van der Waals surface area contributed by atoms with Crippen molar-refractivity contribution in [1.29, 1.82) is 10.5 Å². The lowest BCUT2D eigenvalue weighted by Crippen LogP contribution is -2.34. The van der Waals surface area contributed by atoms with Crippen molar-refractivity contribution in [3.63, 3.8) is 0 Å². The van der Waals surface area contributed by atoms with Crippen molar-refractivity contribution < 1.29 is 9.47 Å². The molecular weight excluding hydrogens is 216 g/mol. The van der Waals surface area contributed by atoms with Crippen molar-refractivity contribution in [3.8, 4) is 12.1 Å². The zero-order valence-electron chi connectivity index (χ0n) is 9.56. The first-order chi connectivity index (χ1) is 8.35. The normalized spacial score (nSPS) is 39.1. The van der Waals surface area contributed by atoms with Crippen LogP contribution in [0.4, 0.5) is 0 Å². The first-order valence-corrected chi connectivity index (χ1v) is 6.15. The van der Waals surface area contributed by atoms with Gasteiger partial charge in [0, 0.05) is 12.5 Å². The highest BCUT2D eigenvalue weighted by molar-refractivity contribution is 5.43. The van der Waals surface area contributed by atoms with Gasteiger partial charge < -0.3 is 9.47 Å². The maximum absolute atomic E-state index is 8.97. The molecule has 4 nitrogen and oxygen atoms in total. The highest BCUT2D eigenvalue weighted by Gasteiger charge is 2.50. The van der Waals surface area contributed by atoms with E-state index in [4.69, 9.17) is 20.0 Å². The van der Waals surface area contributed by atoms with Crippen LogP contribution in [0, 0.1) is 28.6 Å². The first kappa shape index (κ1) is 10.8. The number of allylic oxidation sites excluding steroid dienone is 1. The molecule has 3 aliphatic rings. The average Bonchev–Trinajstić information content (AvgIpc) is 2.68. The topological polar surface area (TPSA) is 66.0 Å². The SMILES string of the molecule is N#CC(C#N)=C1CC[C@@H]2O[C@H]1[C@H]1OCCC[C@H]12. The molecule has 2 bridgehead atoms. The molecule has 0 spiro atoms. The summed E-state index contributed by atoms with van der Waals surface area (Å²) in [5.74, 6) is 0.463. The zero-order chi connectivity index (χ0) is 11.8. The van der Waals surface area contributed by atoms with Gasteiger partial charge in [-0.05, 0) is 31.3 Å². The van der Waals surface area contributed by atoms with E-state index in [9.17, 15) is 0 Å². The minimum Gasteiger partial charge on any atom is -0.375 e. The summed E-state index contributed by atoms with van der Waals surface area (Å²) >= 11 is 0. The van der Waals surface area contributed by atoms with Crippen LogP contribution >= 0.6 is 0 Å². The average molecular weight is 230 g/mol. The van der Waals surface area contributed by atoms with Gasteiger partial charge in [0.25, 0.3) is 0 Å². The molecule has 4 atom stereocenters. The Labute approximate surface area is 100 Å². The molecule has 3 aliphatic heterocycles. The third-order valence-corrected chi connectivity index (χ3v) is 4.10. The summed E-state index contributed by atoms with van der Waals surface area (Å²) in [4.78, 5) is 0. The largest absolute Gasteiger partial charge is 0.375 e. The Hall–Kier alpha value is -1.36. The van der Waals surface area contributed by atoms with E-state index in [2.05, 4.69) is 0 Å². The van der Waals surface area contributed by atoms with E-state index < -0.39 is 0 Å². The van der Waals surface area contributed by atoms with E-state index in [1.165, 1.54) is 0 Å². The molecular formula is C13H14N2O2. The van der Waals surface area contributed by atoms with Gasteiger partial charge in [-0.2, -0.15) is 10.5 Å². The van der Waals surface area contributed by atoms with Gasteiger partial charge in [0.2, 0.25) is 0 Å². The highest BCUT2D eigenvalue weighted by Crippen LogP contribution is 2.45. The first-order valence-electron chi connectivity index (χ1n) is 6.15. The summed E-state index contributed by atoms with van der Waals surface area (Å²) in [5.41, 5.74) is 1.09. The Kier molecular flexibility index (Phi) is 2.63. The molecule has 0 unspecified atom stereocenters. The Morgan fingerprint density at radius 3 is 2.82 bits per heavy atom. The number of nitriles is 2. The van der Waals surface area contributed by atoms with Crippen LogP contribution in [0.5, 0.6) is 0 Å². The fourth-order valence-corrected chi connectivity index (χ4v) is 3.34.